The zero-order valence-electron chi connectivity index (χ0n) is 6.54. The zero-order chi connectivity index (χ0) is 11.5. The van der Waals surface area contributed by atoms with Crippen LogP contribution in [0.15, 0.2) is 0 Å². The van der Waals surface area contributed by atoms with Gasteiger partial charge in [0, 0.05) is 4.92 Å². The van der Waals surface area contributed by atoms with Crippen LogP contribution >= 0.6 is 0 Å². The molecule has 78 valence electrons. The third-order valence-corrected chi connectivity index (χ3v) is 1.46. The minimum absolute atomic E-state index is 1.31. The Balaban J connectivity index is 5.38. The fourth-order valence-corrected chi connectivity index (χ4v) is 0.671. The number of carboxylic acid groups (broad SMARTS) is 3. The van der Waals surface area contributed by atoms with Gasteiger partial charge in [0.05, 0.1) is 0 Å². The molecule has 0 aromatic heterocycles. The molecule has 0 fully saturated rings. The highest BCUT2D eigenvalue weighted by Crippen LogP contribution is 2.18. The smallest absolute Gasteiger partial charge is 0.339 e. The number of hydrogen-bond acceptors (Lipinski definition) is 5. The van der Waals surface area contributed by atoms with Gasteiger partial charge in [0.2, 0.25) is 6.54 Å². The van der Waals surface area contributed by atoms with E-state index in [9.17, 15) is 24.5 Å². The number of hydrogen-bond donors (Lipinski definition) is 3. The SMILES string of the molecule is O=C(O)C(C[N+](=O)[O-])(C(=O)O)C(=O)O. The van der Waals surface area contributed by atoms with Gasteiger partial charge in [-0.15, -0.1) is 0 Å². The van der Waals surface area contributed by atoms with E-state index < -0.39 is 34.8 Å². The fraction of sp³-hybridized carbons (Fsp3) is 0.400. The van der Waals surface area contributed by atoms with Crippen LogP contribution in [0.3, 0.4) is 0 Å². The molecule has 0 aromatic carbocycles. The molecule has 0 amide bonds. The predicted octanol–water partition coefficient (Wildman–Crippen LogP) is -1.50. The molecule has 0 aromatic rings. The van der Waals surface area contributed by atoms with Gasteiger partial charge >= 0.3 is 23.3 Å². The van der Waals surface area contributed by atoms with E-state index in [4.69, 9.17) is 15.3 Å². The lowest BCUT2D eigenvalue weighted by molar-refractivity contribution is -0.489. The first-order valence-electron chi connectivity index (χ1n) is 3.07. The fourth-order valence-electron chi connectivity index (χ4n) is 0.671. The number of carbonyl (C=O) groups is 3. The first kappa shape index (κ1) is 11.8. The summed E-state index contributed by atoms with van der Waals surface area (Å²) in [6.45, 7) is -1.72. The van der Waals surface area contributed by atoms with Crippen LogP contribution in [-0.4, -0.2) is 44.7 Å². The lowest BCUT2D eigenvalue weighted by Crippen LogP contribution is -2.51. The molecule has 0 aliphatic carbocycles. The van der Waals surface area contributed by atoms with Crippen molar-refractivity contribution in [3.8, 4) is 0 Å². The Kier molecular flexibility index (Phi) is 3.11. The molecule has 0 unspecified atom stereocenters. The first-order valence-corrected chi connectivity index (χ1v) is 3.07. The van der Waals surface area contributed by atoms with E-state index in [1.54, 1.807) is 0 Å². The average Bonchev–Trinajstić information content (AvgIpc) is 1.97. The molecule has 0 saturated carbocycles. The maximum Gasteiger partial charge on any atom is 0.339 e. The Labute approximate surface area is 75.7 Å². The minimum atomic E-state index is -3.43. The average molecular weight is 207 g/mol. The van der Waals surface area contributed by atoms with Gasteiger partial charge in [0.25, 0.3) is 0 Å². The molecule has 9 heteroatoms. The predicted molar refractivity (Wildman–Crippen MR) is 37.2 cm³/mol. The zero-order valence-corrected chi connectivity index (χ0v) is 6.54. The van der Waals surface area contributed by atoms with Gasteiger partial charge in [-0.25, -0.2) is 0 Å². The van der Waals surface area contributed by atoms with Gasteiger partial charge in [0.15, 0.2) is 0 Å². The van der Waals surface area contributed by atoms with E-state index in [-0.39, 0.29) is 0 Å². The van der Waals surface area contributed by atoms with E-state index in [2.05, 4.69) is 0 Å². The molecule has 0 aliphatic rings. The second-order valence-electron chi connectivity index (χ2n) is 2.31. The quantitative estimate of drug-likeness (QED) is 0.279. The van der Waals surface area contributed by atoms with Crippen molar-refractivity contribution in [2.75, 3.05) is 6.54 Å². The summed E-state index contributed by atoms with van der Waals surface area (Å²) >= 11 is 0. The summed E-state index contributed by atoms with van der Waals surface area (Å²) in [5.41, 5.74) is -3.43. The van der Waals surface area contributed by atoms with Crippen molar-refractivity contribution in [1.29, 1.82) is 0 Å². The number of carboxylic acids is 3. The lowest BCUT2D eigenvalue weighted by atomic mass is 9.88. The topological polar surface area (TPSA) is 155 Å². The van der Waals surface area contributed by atoms with Crippen LogP contribution in [0.5, 0.6) is 0 Å². The Morgan fingerprint density at radius 3 is 1.43 bits per heavy atom. The van der Waals surface area contributed by atoms with Gasteiger partial charge in [0.1, 0.15) is 0 Å². The molecular weight excluding hydrogens is 202 g/mol. The molecule has 0 aliphatic heterocycles. The highest BCUT2D eigenvalue weighted by molar-refractivity contribution is 6.16. The number of nitrogens with zero attached hydrogens (tertiary/aromatic N) is 1. The standard InChI is InChI=1S/C5H5NO8/c7-2(8)5(3(9)10,4(11)12)1-6(13)14/h1H2,(H,7,8)(H,9,10)(H,11,12). The summed E-state index contributed by atoms with van der Waals surface area (Å²) in [4.78, 5) is 39.8. The molecule has 0 spiro atoms. The Hall–Kier alpha value is -2.19. The van der Waals surface area contributed by atoms with E-state index in [0.717, 1.165) is 0 Å². The van der Waals surface area contributed by atoms with Gasteiger partial charge in [-0.3, -0.25) is 24.5 Å². The molecule has 14 heavy (non-hydrogen) atoms. The minimum Gasteiger partial charge on any atom is -0.480 e. The monoisotopic (exact) mass is 207 g/mol. The molecule has 0 saturated heterocycles. The molecule has 0 radical (unpaired) electrons. The highest BCUT2D eigenvalue weighted by Gasteiger charge is 2.59. The Morgan fingerprint density at radius 1 is 1.07 bits per heavy atom. The third kappa shape index (κ3) is 1.76. The first-order chi connectivity index (χ1) is 6.25. The van der Waals surface area contributed by atoms with Crippen LogP contribution in [0, 0.1) is 15.5 Å². The number of rotatable bonds is 5. The summed E-state index contributed by atoms with van der Waals surface area (Å²) in [6.07, 6.45) is 0. The van der Waals surface area contributed by atoms with Gasteiger partial charge in [-0.1, -0.05) is 0 Å². The van der Waals surface area contributed by atoms with E-state index in [0.29, 0.717) is 0 Å². The van der Waals surface area contributed by atoms with Gasteiger partial charge < -0.3 is 15.3 Å². The van der Waals surface area contributed by atoms with Crippen LogP contribution in [0.2, 0.25) is 0 Å². The van der Waals surface area contributed by atoms with Crippen molar-refractivity contribution in [2.24, 2.45) is 5.41 Å². The van der Waals surface area contributed by atoms with Crippen molar-refractivity contribution in [3.05, 3.63) is 10.1 Å². The highest BCUT2D eigenvalue weighted by atomic mass is 16.6. The maximum atomic E-state index is 10.4. The van der Waals surface area contributed by atoms with Crippen molar-refractivity contribution in [1.82, 2.24) is 0 Å². The largest absolute Gasteiger partial charge is 0.480 e. The summed E-state index contributed by atoms with van der Waals surface area (Å²) < 4.78 is 0. The Morgan fingerprint density at radius 2 is 1.36 bits per heavy atom. The third-order valence-electron chi connectivity index (χ3n) is 1.46. The maximum absolute atomic E-state index is 10.4. The molecule has 0 rings (SSSR count). The number of nitro groups is 1. The molecule has 0 atom stereocenters. The molecule has 0 bridgehead atoms. The van der Waals surface area contributed by atoms with E-state index >= 15 is 0 Å². The summed E-state index contributed by atoms with van der Waals surface area (Å²) in [7, 11) is 0. The number of aliphatic carboxylic acids is 3. The molecule has 0 heterocycles. The molecule has 9 nitrogen and oxygen atoms in total. The molecular formula is C5H5NO8. The summed E-state index contributed by atoms with van der Waals surface area (Å²) in [5, 5.41) is 35.0. The summed E-state index contributed by atoms with van der Waals surface area (Å²) in [6, 6.07) is 0. The normalized spacial score (nSPS) is 10.6. The molecule has 3 N–H and O–H groups in total. The van der Waals surface area contributed by atoms with Crippen molar-refractivity contribution < 1.29 is 34.6 Å². The van der Waals surface area contributed by atoms with E-state index in [1.165, 1.54) is 0 Å². The van der Waals surface area contributed by atoms with Crippen LogP contribution < -0.4 is 0 Å². The second kappa shape index (κ2) is 3.68. The van der Waals surface area contributed by atoms with Crippen molar-refractivity contribution >= 4 is 17.9 Å². The van der Waals surface area contributed by atoms with Crippen LogP contribution in [0.1, 0.15) is 0 Å². The summed E-state index contributed by atoms with van der Waals surface area (Å²) in [5.74, 6) is -6.85. The Bertz CT molecular complexity index is 271. The van der Waals surface area contributed by atoms with Crippen molar-refractivity contribution in [3.63, 3.8) is 0 Å². The van der Waals surface area contributed by atoms with Crippen LogP contribution in [0.4, 0.5) is 0 Å². The van der Waals surface area contributed by atoms with E-state index in [1.807, 2.05) is 0 Å². The van der Waals surface area contributed by atoms with Crippen molar-refractivity contribution in [2.45, 2.75) is 0 Å². The van der Waals surface area contributed by atoms with Gasteiger partial charge in [-0.2, -0.15) is 0 Å². The second-order valence-corrected chi connectivity index (χ2v) is 2.31. The van der Waals surface area contributed by atoms with Crippen LogP contribution in [-0.2, 0) is 14.4 Å². The lowest BCUT2D eigenvalue weighted by Gasteiger charge is -2.14. The van der Waals surface area contributed by atoms with Crippen LogP contribution in [0.25, 0.3) is 0 Å². The van der Waals surface area contributed by atoms with Gasteiger partial charge in [-0.05, 0) is 0 Å².